The fourth-order valence-electron chi connectivity index (χ4n) is 1.66. The van der Waals surface area contributed by atoms with Crippen molar-refractivity contribution in [1.82, 2.24) is 0 Å². The highest BCUT2D eigenvalue weighted by atomic mass is 16.5. The Morgan fingerprint density at radius 1 is 1.35 bits per heavy atom. The number of allylic oxidation sites excluding steroid dienone is 1. The van der Waals surface area contributed by atoms with Gasteiger partial charge in [-0.1, -0.05) is 18.2 Å². The van der Waals surface area contributed by atoms with Gasteiger partial charge in [0.05, 0.1) is 12.7 Å². The highest BCUT2D eigenvalue weighted by molar-refractivity contribution is 6.02. The summed E-state index contributed by atoms with van der Waals surface area (Å²) in [6, 6.07) is 7.18. The third-order valence-electron chi connectivity index (χ3n) is 2.52. The van der Waals surface area contributed by atoms with E-state index in [9.17, 15) is 9.59 Å². The Morgan fingerprint density at radius 2 is 2.06 bits per heavy atom. The van der Waals surface area contributed by atoms with Gasteiger partial charge in [-0.15, -0.1) is 0 Å². The summed E-state index contributed by atoms with van der Waals surface area (Å²) >= 11 is 0. The molecular weight excluding hydrogens is 220 g/mol. The Morgan fingerprint density at radius 3 is 2.76 bits per heavy atom. The lowest BCUT2D eigenvalue weighted by molar-refractivity contribution is -0.140. The van der Waals surface area contributed by atoms with Crippen LogP contribution in [0.5, 0.6) is 0 Å². The monoisotopic (exact) mass is 232 g/mol. The number of rotatable bonds is 3. The predicted molar refractivity (Wildman–Crippen MR) is 61.1 cm³/mol. The topological polar surface area (TPSA) is 52.6 Å². The lowest BCUT2D eigenvalue weighted by atomic mass is 10.1. The van der Waals surface area contributed by atoms with Crippen molar-refractivity contribution in [2.75, 3.05) is 7.11 Å². The largest absolute Gasteiger partial charge is 0.469 e. The minimum absolute atomic E-state index is 0.277. The van der Waals surface area contributed by atoms with E-state index in [0.717, 1.165) is 5.56 Å². The van der Waals surface area contributed by atoms with E-state index < -0.39 is 0 Å². The zero-order valence-corrected chi connectivity index (χ0v) is 9.43. The van der Waals surface area contributed by atoms with E-state index in [1.807, 2.05) is 12.1 Å². The second-order valence-corrected chi connectivity index (χ2v) is 3.62. The first-order valence-corrected chi connectivity index (χ1v) is 5.31. The molecule has 2 rings (SSSR count). The lowest BCUT2D eigenvalue weighted by Gasteiger charge is -1.98. The number of methoxy groups -OCH3 is 1. The number of carbonyl (C=O) groups excluding carboxylic acids is 2. The molecule has 4 nitrogen and oxygen atoms in total. The smallest absolute Gasteiger partial charge is 0.344 e. The van der Waals surface area contributed by atoms with Crippen LogP contribution in [0, 0.1) is 0 Å². The minimum Gasteiger partial charge on any atom is -0.469 e. The average molecular weight is 232 g/mol. The predicted octanol–water partition coefficient (Wildman–Crippen LogP) is 2.15. The van der Waals surface area contributed by atoms with Crippen molar-refractivity contribution >= 4 is 17.7 Å². The normalized spacial score (nSPS) is 15.6. The zero-order valence-electron chi connectivity index (χ0n) is 9.43. The van der Waals surface area contributed by atoms with Crippen molar-refractivity contribution in [3.8, 4) is 0 Å². The number of ether oxygens (including phenoxy) is 2. The van der Waals surface area contributed by atoms with Crippen molar-refractivity contribution in [1.29, 1.82) is 0 Å². The molecular formula is C13H12O4. The van der Waals surface area contributed by atoms with E-state index >= 15 is 0 Å². The fraction of sp³-hybridized carbons (Fsp3) is 0.231. The van der Waals surface area contributed by atoms with E-state index in [2.05, 4.69) is 4.74 Å². The van der Waals surface area contributed by atoms with Gasteiger partial charge >= 0.3 is 11.9 Å². The standard InChI is InChI=1S/C13H12O4/c1-16-12(14)8-4-7-11-9-5-2-3-6-10(9)13(15)17-11/h2-3,5-7H,4,8H2,1H3. The van der Waals surface area contributed by atoms with Crippen LogP contribution in [0.1, 0.15) is 28.8 Å². The van der Waals surface area contributed by atoms with E-state index in [1.54, 1.807) is 18.2 Å². The third kappa shape index (κ3) is 2.36. The third-order valence-corrected chi connectivity index (χ3v) is 2.52. The maximum atomic E-state index is 11.5. The molecule has 1 aliphatic rings. The van der Waals surface area contributed by atoms with Crippen LogP contribution in [0.15, 0.2) is 30.3 Å². The van der Waals surface area contributed by atoms with Crippen LogP contribution in [-0.4, -0.2) is 19.0 Å². The first-order valence-electron chi connectivity index (χ1n) is 5.31. The zero-order chi connectivity index (χ0) is 12.3. The molecule has 1 aromatic rings. The number of benzene rings is 1. The second kappa shape index (κ2) is 4.82. The Hall–Kier alpha value is -2.10. The van der Waals surface area contributed by atoms with Crippen LogP contribution in [0.25, 0.3) is 5.76 Å². The minimum atomic E-state index is -0.343. The first-order chi connectivity index (χ1) is 8.22. The van der Waals surface area contributed by atoms with Crippen LogP contribution >= 0.6 is 0 Å². The van der Waals surface area contributed by atoms with Crippen molar-refractivity contribution in [3.05, 3.63) is 41.5 Å². The Labute approximate surface area is 98.8 Å². The molecule has 0 aliphatic carbocycles. The molecule has 4 heteroatoms. The number of hydrogen-bond donors (Lipinski definition) is 0. The summed E-state index contributed by atoms with van der Waals surface area (Å²) in [6.45, 7) is 0. The van der Waals surface area contributed by atoms with Crippen LogP contribution in [0.2, 0.25) is 0 Å². The molecule has 88 valence electrons. The molecule has 17 heavy (non-hydrogen) atoms. The molecule has 0 radical (unpaired) electrons. The number of esters is 2. The van der Waals surface area contributed by atoms with Gasteiger partial charge in [-0.3, -0.25) is 4.79 Å². The van der Waals surface area contributed by atoms with Crippen molar-refractivity contribution < 1.29 is 19.1 Å². The van der Waals surface area contributed by atoms with Crippen LogP contribution in [0.3, 0.4) is 0 Å². The van der Waals surface area contributed by atoms with Crippen molar-refractivity contribution in [2.45, 2.75) is 12.8 Å². The first kappa shape index (κ1) is 11.4. The highest BCUT2D eigenvalue weighted by Gasteiger charge is 2.25. The Bertz CT molecular complexity index is 488. The number of cyclic esters (lactones) is 1. The molecule has 1 aromatic carbocycles. The molecule has 0 saturated carbocycles. The summed E-state index contributed by atoms with van der Waals surface area (Å²) in [5.74, 6) is -0.0983. The van der Waals surface area contributed by atoms with E-state index in [-0.39, 0.29) is 18.4 Å². The fourth-order valence-corrected chi connectivity index (χ4v) is 1.66. The molecule has 0 N–H and O–H groups in total. The van der Waals surface area contributed by atoms with Crippen LogP contribution in [-0.2, 0) is 14.3 Å². The Balaban J connectivity index is 2.12. The summed E-state index contributed by atoms with van der Waals surface area (Å²) < 4.78 is 9.65. The molecule has 0 unspecified atom stereocenters. The molecule has 0 spiro atoms. The molecule has 0 saturated heterocycles. The molecule has 1 heterocycles. The van der Waals surface area contributed by atoms with E-state index in [0.29, 0.717) is 17.7 Å². The summed E-state index contributed by atoms with van der Waals surface area (Å²) in [5.41, 5.74) is 1.35. The molecule has 0 atom stereocenters. The van der Waals surface area contributed by atoms with Crippen molar-refractivity contribution in [2.24, 2.45) is 0 Å². The molecule has 0 amide bonds. The number of hydrogen-bond acceptors (Lipinski definition) is 4. The van der Waals surface area contributed by atoms with Gasteiger partial charge in [-0.25, -0.2) is 4.79 Å². The molecule has 0 aromatic heterocycles. The molecule has 1 aliphatic heterocycles. The number of carbonyl (C=O) groups is 2. The van der Waals surface area contributed by atoms with Gasteiger partial charge in [0.2, 0.25) is 0 Å². The number of fused-ring (bicyclic) bond motifs is 1. The SMILES string of the molecule is COC(=O)CCC=C1OC(=O)c2ccccc21. The van der Waals surface area contributed by atoms with Crippen LogP contribution < -0.4 is 0 Å². The van der Waals surface area contributed by atoms with Gasteiger partial charge in [0.1, 0.15) is 5.76 Å². The van der Waals surface area contributed by atoms with Gasteiger partial charge in [0, 0.05) is 12.0 Å². The second-order valence-electron chi connectivity index (χ2n) is 3.62. The maximum Gasteiger partial charge on any atom is 0.344 e. The summed E-state index contributed by atoms with van der Waals surface area (Å²) in [5, 5.41) is 0. The average Bonchev–Trinajstić information content (AvgIpc) is 2.67. The van der Waals surface area contributed by atoms with Gasteiger partial charge < -0.3 is 9.47 Å². The quantitative estimate of drug-likeness (QED) is 0.749. The van der Waals surface area contributed by atoms with E-state index in [4.69, 9.17) is 4.74 Å². The van der Waals surface area contributed by atoms with E-state index in [1.165, 1.54) is 7.11 Å². The van der Waals surface area contributed by atoms with Crippen LogP contribution in [0.4, 0.5) is 0 Å². The lowest BCUT2D eigenvalue weighted by Crippen LogP contribution is -1.98. The summed E-state index contributed by atoms with van der Waals surface area (Å²) in [4.78, 5) is 22.4. The summed E-state index contributed by atoms with van der Waals surface area (Å²) in [6.07, 6.45) is 2.50. The van der Waals surface area contributed by atoms with Crippen molar-refractivity contribution in [3.63, 3.8) is 0 Å². The Kier molecular flexibility index (Phi) is 3.23. The van der Waals surface area contributed by atoms with Gasteiger partial charge in [-0.05, 0) is 18.6 Å². The molecule has 0 fully saturated rings. The van der Waals surface area contributed by atoms with Gasteiger partial charge in [0.15, 0.2) is 0 Å². The van der Waals surface area contributed by atoms with Gasteiger partial charge in [0.25, 0.3) is 0 Å². The summed E-state index contributed by atoms with van der Waals surface area (Å²) in [7, 11) is 1.35. The maximum absolute atomic E-state index is 11.5. The molecule has 0 bridgehead atoms. The highest BCUT2D eigenvalue weighted by Crippen LogP contribution is 2.29. The van der Waals surface area contributed by atoms with Gasteiger partial charge in [-0.2, -0.15) is 0 Å².